The fourth-order valence-corrected chi connectivity index (χ4v) is 7.52. The standard InChI is InChI=1S/C19H34N2/c1-18-8-7-16-15(17(18)9-14(21)10-18)6-4-12-3-5-13(20)11-19(12,16)2/h12-17H,3-11,20-21H2,1-2H3/t12?,13?,14?,15-,16-,17+,18-,19+/m1/s1. The molecule has 0 radical (unpaired) electrons. The SMILES string of the molecule is C[C@]12CC[C@@H]3[C@@H](CCC4CCC(N)C[C@@]43C)[C@@H]1CC(N)C2. The molecule has 0 heterocycles. The molecule has 0 aromatic rings. The fraction of sp³-hybridized carbons (Fsp3) is 1.00. The van der Waals surface area contributed by atoms with E-state index in [1.807, 2.05) is 0 Å². The van der Waals surface area contributed by atoms with Crippen molar-refractivity contribution in [2.45, 2.75) is 83.7 Å². The predicted octanol–water partition coefficient (Wildman–Crippen LogP) is 3.68. The molecule has 4 fully saturated rings. The average molecular weight is 290 g/mol. The van der Waals surface area contributed by atoms with Crippen molar-refractivity contribution in [2.75, 3.05) is 0 Å². The van der Waals surface area contributed by atoms with Crippen LogP contribution in [0.3, 0.4) is 0 Å². The average Bonchev–Trinajstić information content (AvgIpc) is 2.72. The Morgan fingerprint density at radius 2 is 1.57 bits per heavy atom. The zero-order valence-electron chi connectivity index (χ0n) is 14.0. The quantitative estimate of drug-likeness (QED) is 0.715. The molecule has 4 saturated carbocycles. The summed E-state index contributed by atoms with van der Waals surface area (Å²) in [6.45, 7) is 5.15. The maximum atomic E-state index is 6.38. The summed E-state index contributed by atoms with van der Waals surface area (Å²) < 4.78 is 0. The maximum absolute atomic E-state index is 6.38. The van der Waals surface area contributed by atoms with Crippen LogP contribution in [0, 0.1) is 34.5 Å². The van der Waals surface area contributed by atoms with Gasteiger partial charge in [-0.05, 0) is 92.3 Å². The monoisotopic (exact) mass is 290 g/mol. The lowest BCUT2D eigenvalue weighted by Crippen LogP contribution is -2.54. The van der Waals surface area contributed by atoms with Crippen LogP contribution in [-0.2, 0) is 0 Å². The number of hydrogen-bond acceptors (Lipinski definition) is 2. The number of nitrogens with two attached hydrogens (primary N) is 2. The highest BCUT2D eigenvalue weighted by atomic mass is 14.7. The summed E-state index contributed by atoms with van der Waals surface area (Å²) in [6, 6.07) is 0.932. The third-order valence-corrected chi connectivity index (χ3v) is 8.46. The van der Waals surface area contributed by atoms with Gasteiger partial charge in [-0.3, -0.25) is 0 Å². The maximum Gasteiger partial charge on any atom is 0.00470 e. The summed E-state index contributed by atoms with van der Waals surface area (Å²) in [7, 11) is 0. The molecule has 4 N–H and O–H groups in total. The van der Waals surface area contributed by atoms with Crippen molar-refractivity contribution in [3.8, 4) is 0 Å². The molecule has 0 aliphatic heterocycles. The summed E-state index contributed by atoms with van der Waals surface area (Å²) >= 11 is 0. The second kappa shape index (κ2) is 4.71. The first kappa shape index (κ1) is 14.5. The van der Waals surface area contributed by atoms with Crippen LogP contribution in [0.4, 0.5) is 0 Å². The Labute approximate surface area is 130 Å². The van der Waals surface area contributed by atoms with Crippen molar-refractivity contribution < 1.29 is 0 Å². The van der Waals surface area contributed by atoms with Crippen molar-refractivity contribution >= 4 is 0 Å². The molecular formula is C19H34N2. The van der Waals surface area contributed by atoms with Gasteiger partial charge in [-0.1, -0.05) is 13.8 Å². The number of hydrogen-bond donors (Lipinski definition) is 2. The van der Waals surface area contributed by atoms with Crippen molar-refractivity contribution in [1.82, 2.24) is 0 Å². The zero-order valence-corrected chi connectivity index (χ0v) is 14.0. The molecule has 0 aromatic carbocycles. The Balaban J connectivity index is 1.64. The molecule has 0 spiro atoms. The van der Waals surface area contributed by atoms with Crippen LogP contribution in [-0.4, -0.2) is 12.1 Å². The van der Waals surface area contributed by atoms with Crippen molar-refractivity contribution in [2.24, 2.45) is 46.0 Å². The van der Waals surface area contributed by atoms with Crippen LogP contribution in [0.5, 0.6) is 0 Å². The van der Waals surface area contributed by atoms with E-state index in [1.54, 1.807) is 0 Å². The van der Waals surface area contributed by atoms with E-state index in [0.29, 0.717) is 22.9 Å². The minimum absolute atomic E-state index is 0.462. The Hall–Kier alpha value is -0.0800. The van der Waals surface area contributed by atoms with Gasteiger partial charge in [-0.25, -0.2) is 0 Å². The van der Waals surface area contributed by atoms with Crippen molar-refractivity contribution in [1.29, 1.82) is 0 Å². The summed E-state index contributed by atoms with van der Waals surface area (Å²) in [5.41, 5.74) is 13.8. The van der Waals surface area contributed by atoms with Gasteiger partial charge in [-0.15, -0.1) is 0 Å². The smallest absolute Gasteiger partial charge is 0.00470 e. The molecule has 4 aliphatic carbocycles. The predicted molar refractivity (Wildman–Crippen MR) is 87.7 cm³/mol. The summed E-state index contributed by atoms with van der Waals surface area (Å²) in [5, 5.41) is 0. The Kier molecular flexibility index (Phi) is 3.25. The Morgan fingerprint density at radius 3 is 2.38 bits per heavy atom. The van der Waals surface area contributed by atoms with Gasteiger partial charge in [0.15, 0.2) is 0 Å². The highest BCUT2D eigenvalue weighted by molar-refractivity contribution is 5.09. The van der Waals surface area contributed by atoms with Gasteiger partial charge >= 0.3 is 0 Å². The highest BCUT2D eigenvalue weighted by Gasteiger charge is 2.58. The van der Waals surface area contributed by atoms with Gasteiger partial charge in [0.25, 0.3) is 0 Å². The third kappa shape index (κ3) is 2.05. The first-order chi connectivity index (χ1) is 9.92. The Bertz CT molecular complexity index is 422. The van der Waals surface area contributed by atoms with Crippen LogP contribution < -0.4 is 11.5 Å². The molecule has 0 aromatic heterocycles. The number of rotatable bonds is 0. The molecular weight excluding hydrogens is 256 g/mol. The lowest BCUT2D eigenvalue weighted by atomic mass is 9.45. The van der Waals surface area contributed by atoms with E-state index in [9.17, 15) is 0 Å². The molecule has 0 amide bonds. The molecule has 2 heteroatoms. The van der Waals surface area contributed by atoms with Crippen molar-refractivity contribution in [3.63, 3.8) is 0 Å². The second-order valence-electron chi connectivity index (χ2n) is 9.59. The van der Waals surface area contributed by atoms with Gasteiger partial charge < -0.3 is 11.5 Å². The summed E-state index contributed by atoms with van der Waals surface area (Å²) in [4.78, 5) is 0. The van der Waals surface area contributed by atoms with E-state index in [0.717, 1.165) is 23.7 Å². The lowest BCUT2D eigenvalue weighted by Gasteiger charge is -2.60. The first-order valence-corrected chi connectivity index (χ1v) is 9.43. The van der Waals surface area contributed by atoms with E-state index in [1.165, 1.54) is 57.8 Å². The zero-order chi connectivity index (χ0) is 14.8. The molecule has 4 rings (SSSR count). The van der Waals surface area contributed by atoms with E-state index in [2.05, 4.69) is 13.8 Å². The second-order valence-corrected chi connectivity index (χ2v) is 9.59. The van der Waals surface area contributed by atoms with E-state index < -0.39 is 0 Å². The molecule has 120 valence electrons. The van der Waals surface area contributed by atoms with Crippen molar-refractivity contribution in [3.05, 3.63) is 0 Å². The lowest BCUT2D eigenvalue weighted by molar-refractivity contribution is -0.106. The van der Waals surface area contributed by atoms with Gasteiger partial charge in [0.1, 0.15) is 0 Å². The largest absolute Gasteiger partial charge is 0.328 e. The Morgan fingerprint density at radius 1 is 0.810 bits per heavy atom. The molecule has 2 nitrogen and oxygen atoms in total. The van der Waals surface area contributed by atoms with Crippen LogP contribution >= 0.6 is 0 Å². The van der Waals surface area contributed by atoms with Crippen LogP contribution in [0.1, 0.15) is 71.6 Å². The highest BCUT2D eigenvalue weighted by Crippen LogP contribution is 2.65. The fourth-order valence-electron chi connectivity index (χ4n) is 7.52. The first-order valence-electron chi connectivity index (χ1n) is 9.43. The van der Waals surface area contributed by atoms with Gasteiger partial charge in [0, 0.05) is 12.1 Å². The van der Waals surface area contributed by atoms with Crippen LogP contribution in [0.15, 0.2) is 0 Å². The van der Waals surface area contributed by atoms with E-state index in [4.69, 9.17) is 11.5 Å². The molecule has 3 unspecified atom stereocenters. The van der Waals surface area contributed by atoms with Gasteiger partial charge in [0.05, 0.1) is 0 Å². The van der Waals surface area contributed by atoms with E-state index >= 15 is 0 Å². The minimum Gasteiger partial charge on any atom is -0.328 e. The van der Waals surface area contributed by atoms with Gasteiger partial charge in [0.2, 0.25) is 0 Å². The van der Waals surface area contributed by atoms with Crippen LogP contribution in [0.25, 0.3) is 0 Å². The molecule has 8 atom stereocenters. The van der Waals surface area contributed by atoms with Gasteiger partial charge in [-0.2, -0.15) is 0 Å². The molecule has 0 saturated heterocycles. The summed E-state index contributed by atoms with van der Waals surface area (Å²) in [6.07, 6.45) is 12.3. The topological polar surface area (TPSA) is 52.0 Å². The number of fused-ring (bicyclic) bond motifs is 5. The van der Waals surface area contributed by atoms with Crippen LogP contribution in [0.2, 0.25) is 0 Å². The summed E-state index contributed by atoms with van der Waals surface area (Å²) in [5.74, 6) is 3.75. The molecule has 21 heavy (non-hydrogen) atoms. The molecule has 0 bridgehead atoms. The minimum atomic E-state index is 0.462. The van der Waals surface area contributed by atoms with E-state index in [-0.39, 0.29) is 0 Å². The molecule has 4 aliphatic rings. The normalized spacial score (nSPS) is 60.0. The third-order valence-electron chi connectivity index (χ3n) is 8.46.